The second kappa shape index (κ2) is 3.05. The number of rotatable bonds is 3. The first kappa shape index (κ1) is 8.05. The Morgan fingerprint density at radius 3 is 2.92 bits per heavy atom. The number of hydrogen-bond acceptors (Lipinski definition) is 2. The van der Waals surface area contributed by atoms with E-state index in [0.29, 0.717) is 5.88 Å². The predicted octanol–water partition coefficient (Wildman–Crippen LogP) is 1.51. The van der Waals surface area contributed by atoms with Crippen molar-refractivity contribution in [3.63, 3.8) is 0 Å². The maximum atomic E-state index is 5.73. The minimum atomic E-state index is 0.482. The van der Waals surface area contributed by atoms with Crippen LogP contribution in [0.3, 0.4) is 0 Å². The molecule has 1 fully saturated rings. The van der Waals surface area contributed by atoms with Crippen LogP contribution in [0.5, 0.6) is 0 Å². The fourth-order valence-corrected chi connectivity index (χ4v) is 1.58. The van der Waals surface area contributed by atoms with E-state index in [1.54, 1.807) is 0 Å². The average Bonchev–Trinajstić information content (AvgIpc) is 2.80. The van der Waals surface area contributed by atoms with Gasteiger partial charge in [-0.2, -0.15) is 0 Å². The summed E-state index contributed by atoms with van der Waals surface area (Å²) in [6.45, 7) is 0. The summed E-state index contributed by atoms with van der Waals surface area (Å²) in [5.74, 6) is 1.35. The molecule has 0 radical (unpaired) electrons. The van der Waals surface area contributed by atoms with Crippen LogP contribution in [0.25, 0.3) is 0 Å². The largest absolute Gasteiger partial charge is 0.252 e. The first-order valence-corrected chi connectivity index (χ1v) is 4.78. The van der Waals surface area contributed by atoms with Gasteiger partial charge in [-0.3, -0.25) is 4.68 Å². The van der Waals surface area contributed by atoms with E-state index in [2.05, 4.69) is 10.3 Å². The van der Waals surface area contributed by atoms with Gasteiger partial charge < -0.3 is 0 Å². The summed E-state index contributed by atoms with van der Waals surface area (Å²) in [5.41, 5.74) is 2.17. The summed E-state index contributed by atoms with van der Waals surface area (Å²) < 4.78 is 1.84. The van der Waals surface area contributed by atoms with Crippen LogP contribution in [-0.2, 0) is 19.3 Å². The fourth-order valence-electron chi connectivity index (χ4n) is 1.37. The molecule has 0 aliphatic heterocycles. The van der Waals surface area contributed by atoms with Crippen molar-refractivity contribution in [2.24, 2.45) is 13.0 Å². The molecule has 0 bridgehead atoms. The van der Waals surface area contributed by atoms with Gasteiger partial charge in [0.1, 0.15) is 5.69 Å². The van der Waals surface area contributed by atoms with Crippen LogP contribution in [0.4, 0.5) is 0 Å². The van der Waals surface area contributed by atoms with Gasteiger partial charge in [-0.25, -0.2) is 0 Å². The van der Waals surface area contributed by atoms with Gasteiger partial charge in [0.05, 0.1) is 11.6 Å². The maximum Gasteiger partial charge on any atom is 0.101 e. The lowest BCUT2D eigenvalue weighted by Gasteiger charge is -1.99. The summed E-state index contributed by atoms with van der Waals surface area (Å²) in [4.78, 5) is 0. The van der Waals surface area contributed by atoms with E-state index in [9.17, 15) is 0 Å². The van der Waals surface area contributed by atoms with E-state index in [1.165, 1.54) is 18.5 Å². The predicted molar refractivity (Wildman–Crippen MR) is 47.0 cm³/mol. The molecule has 1 aliphatic carbocycles. The van der Waals surface area contributed by atoms with Gasteiger partial charge in [0, 0.05) is 7.05 Å². The number of aromatic nitrogens is 3. The third-order valence-electron chi connectivity index (χ3n) is 2.33. The lowest BCUT2D eigenvalue weighted by molar-refractivity contribution is 0.654. The summed E-state index contributed by atoms with van der Waals surface area (Å²) in [5, 5.41) is 7.95. The van der Waals surface area contributed by atoms with Gasteiger partial charge in [0.25, 0.3) is 0 Å². The van der Waals surface area contributed by atoms with E-state index < -0.39 is 0 Å². The van der Waals surface area contributed by atoms with Crippen molar-refractivity contribution in [1.29, 1.82) is 0 Å². The first-order chi connectivity index (χ1) is 5.81. The average molecular weight is 186 g/mol. The third-order valence-corrected chi connectivity index (χ3v) is 2.58. The molecule has 0 amide bonds. The van der Waals surface area contributed by atoms with Crippen molar-refractivity contribution in [3.8, 4) is 0 Å². The smallest absolute Gasteiger partial charge is 0.101 e. The van der Waals surface area contributed by atoms with Crippen molar-refractivity contribution in [3.05, 3.63) is 11.4 Å². The maximum absolute atomic E-state index is 5.73. The zero-order valence-electron chi connectivity index (χ0n) is 7.13. The molecular formula is C8H12ClN3. The van der Waals surface area contributed by atoms with E-state index in [0.717, 1.165) is 18.0 Å². The molecule has 0 aromatic carbocycles. The van der Waals surface area contributed by atoms with Crippen LogP contribution < -0.4 is 0 Å². The Bertz CT molecular complexity index is 278. The number of alkyl halides is 1. The van der Waals surface area contributed by atoms with E-state index in [-0.39, 0.29) is 0 Å². The Morgan fingerprint density at radius 2 is 2.33 bits per heavy atom. The van der Waals surface area contributed by atoms with Crippen molar-refractivity contribution < 1.29 is 0 Å². The summed E-state index contributed by atoms with van der Waals surface area (Å²) in [7, 11) is 1.93. The standard InChI is InChI=1S/C8H12ClN3/c1-12-8(4-6-2-3-6)7(5-9)10-11-12/h6H,2-5H2,1H3. The Hall–Kier alpha value is -0.570. The van der Waals surface area contributed by atoms with Crippen LogP contribution in [0.1, 0.15) is 24.2 Å². The molecule has 12 heavy (non-hydrogen) atoms. The second-order valence-corrected chi connectivity index (χ2v) is 3.65. The Balaban J connectivity index is 2.18. The molecule has 0 spiro atoms. The highest BCUT2D eigenvalue weighted by Crippen LogP contribution is 2.33. The van der Waals surface area contributed by atoms with Crippen LogP contribution in [0.15, 0.2) is 0 Å². The molecule has 1 aliphatic rings. The molecular weight excluding hydrogens is 174 g/mol. The minimum Gasteiger partial charge on any atom is -0.252 e. The number of hydrogen-bond donors (Lipinski definition) is 0. The van der Waals surface area contributed by atoms with Crippen LogP contribution in [0, 0.1) is 5.92 Å². The Morgan fingerprint density at radius 1 is 1.58 bits per heavy atom. The molecule has 2 rings (SSSR count). The quantitative estimate of drug-likeness (QED) is 0.669. The van der Waals surface area contributed by atoms with E-state index >= 15 is 0 Å². The summed E-state index contributed by atoms with van der Waals surface area (Å²) >= 11 is 5.73. The minimum absolute atomic E-state index is 0.482. The highest BCUT2D eigenvalue weighted by Gasteiger charge is 2.24. The van der Waals surface area contributed by atoms with Crippen LogP contribution in [0.2, 0.25) is 0 Å². The van der Waals surface area contributed by atoms with Gasteiger partial charge in [0.2, 0.25) is 0 Å². The molecule has 3 nitrogen and oxygen atoms in total. The first-order valence-electron chi connectivity index (χ1n) is 4.24. The zero-order valence-corrected chi connectivity index (χ0v) is 7.88. The van der Waals surface area contributed by atoms with Crippen LogP contribution >= 0.6 is 11.6 Å². The molecule has 0 unspecified atom stereocenters. The van der Waals surface area contributed by atoms with Gasteiger partial charge in [-0.1, -0.05) is 5.21 Å². The highest BCUT2D eigenvalue weighted by atomic mass is 35.5. The van der Waals surface area contributed by atoms with Gasteiger partial charge >= 0.3 is 0 Å². The second-order valence-electron chi connectivity index (χ2n) is 3.39. The van der Waals surface area contributed by atoms with E-state index in [4.69, 9.17) is 11.6 Å². The van der Waals surface area contributed by atoms with Crippen molar-refractivity contribution >= 4 is 11.6 Å². The molecule has 1 aromatic heterocycles. The number of halogens is 1. The lowest BCUT2D eigenvalue weighted by atomic mass is 10.2. The van der Waals surface area contributed by atoms with Crippen molar-refractivity contribution in [2.75, 3.05) is 0 Å². The molecule has 1 aromatic rings. The van der Waals surface area contributed by atoms with Gasteiger partial charge in [0.15, 0.2) is 0 Å². The number of aryl methyl sites for hydroxylation is 1. The van der Waals surface area contributed by atoms with E-state index in [1.807, 2.05) is 11.7 Å². The SMILES string of the molecule is Cn1nnc(CCl)c1CC1CC1. The van der Waals surface area contributed by atoms with Gasteiger partial charge in [-0.15, -0.1) is 16.7 Å². The molecule has 0 atom stereocenters. The molecule has 4 heteroatoms. The topological polar surface area (TPSA) is 30.7 Å². The number of nitrogens with zero attached hydrogens (tertiary/aromatic N) is 3. The molecule has 66 valence electrons. The molecule has 0 saturated heterocycles. The van der Waals surface area contributed by atoms with Crippen LogP contribution in [-0.4, -0.2) is 15.0 Å². The Labute approximate surface area is 76.7 Å². The summed E-state index contributed by atoms with van der Waals surface area (Å²) in [6.07, 6.45) is 3.81. The monoisotopic (exact) mass is 185 g/mol. The normalized spacial score (nSPS) is 16.8. The molecule has 1 heterocycles. The summed E-state index contributed by atoms with van der Waals surface area (Å²) in [6, 6.07) is 0. The zero-order chi connectivity index (χ0) is 8.55. The highest BCUT2D eigenvalue weighted by molar-refractivity contribution is 6.16. The van der Waals surface area contributed by atoms with Crippen molar-refractivity contribution in [1.82, 2.24) is 15.0 Å². The van der Waals surface area contributed by atoms with Gasteiger partial charge in [-0.05, 0) is 25.2 Å². The molecule has 1 saturated carbocycles. The van der Waals surface area contributed by atoms with Crippen molar-refractivity contribution in [2.45, 2.75) is 25.1 Å². The lowest BCUT2D eigenvalue weighted by Crippen LogP contribution is -2.01. The fraction of sp³-hybridized carbons (Fsp3) is 0.750. The Kier molecular flexibility index (Phi) is 2.05. The third kappa shape index (κ3) is 1.46. The molecule has 0 N–H and O–H groups in total.